The van der Waals surface area contributed by atoms with E-state index >= 15 is 0 Å². The summed E-state index contributed by atoms with van der Waals surface area (Å²) in [5.41, 5.74) is 11.6. The highest BCUT2D eigenvalue weighted by Gasteiger charge is 2.38. The summed E-state index contributed by atoms with van der Waals surface area (Å²) in [6, 6.07) is 42.4. The minimum absolute atomic E-state index is 0.220. The zero-order chi connectivity index (χ0) is 89.6. The smallest absolute Gasteiger partial charge is 0.164 e. The lowest BCUT2D eigenvalue weighted by molar-refractivity contribution is 0.372. The van der Waals surface area contributed by atoms with E-state index in [1.807, 2.05) is 24.3 Å². The molecule has 0 saturated carbocycles. The SMILES string of the molecule is CCCC(C)(C)c1cc(Oc2ccc3c(c2)-c2nc-3nc3[nH]c(nc4nc(nc5[nH]c(n2)c2ccc(Oc6cc(C(C)(C)CCC)c(OC)cc6C(C)(C)CCC)cc52)-c2ccc(Oc5cc(C(C)(C)CCC)c(OC)cc5C(C)(C)CCC)cc2-4)c2ccc(Oc4cc(C(C)(C)CCC)c(OC)cc4C(C)(C)CCC)cc32)c(C(C)(C)CCC)cc1OC. The fraction of sp³-hybridized carbons (Fsp3) is 0.481. The Kier molecular flexibility index (Phi) is 26.4. The maximum Gasteiger partial charge on any atom is 0.164 e. The second-order valence-electron chi connectivity index (χ2n) is 40.1. The second kappa shape index (κ2) is 35.9. The molecule has 16 heteroatoms. The van der Waals surface area contributed by atoms with E-state index in [0.29, 0.717) is 68.9 Å². The van der Waals surface area contributed by atoms with Gasteiger partial charge in [-0.05, 0) is 216 Å². The topological polar surface area (TPSA) is 183 Å². The quantitative estimate of drug-likeness (QED) is 0.0378. The number of aromatic nitrogens is 8. The van der Waals surface area contributed by atoms with E-state index in [9.17, 15) is 0 Å². The molecule has 8 aromatic carbocycles. The highest BCUT2D eigenvalue weighted by Crippen LogP contribution is 2.53. The highest BCUT2D eigenvalue weighted by molar-refractivity contribution is 6.07. The van der Waals surface area contributed by atoms with Crippen LogP contribution in [0.3, 0.4) is 0 Å². The molecule has 0 fully saturated rings. The predicted molar refractivity (Wildman–Crippen MR) is 512 cm³/mol. The van der Waals surface area contributed by atoms with Gasteiger partial charge < -0.3 is 47.9 Å². The average Bonchev–Trinajstić information content (AvgIpc) is 1.59. The van der Waals surface area contributed by atoms with Gasteiger partial charge in [-0.25, -0.2) is 29.9 Å². The van der Waals surface area contributed by atoms with Crippen molar-refractivity contribution in [1.29, 1.82) is 0 Å². The van der Waals surface area contributed by atoms with Gasteiger partial charge in [0.05, 0.1) is 28.4 Å². The Balaban J connectivity index is 1.11. The molecule has 0 saturated heterocycles. The van der Waals surface area contributed by atoms with Gasteiger partial charge in [-0.1, -0.05) is 218 Å². The van der Waals surface area contributed by atoms with Gasteiger partial charge >= 0.3 is 0 Å². The monoisotopic (exact) mass is 1680 g/mol. The number of rotatable bonds is 36. The van der Waals surface area contributed by atoms with Crippen molar-refractivity contribution in [2.24, 2.45) is 0 Å². The molecule has 2 aliphatic rings. The van der Waals surface area contributed by atoms with Crippen LogP contribution in [-0.2, 0) is 43.3 Å². The van der Waals surface area contributed by atoms with E-state index in [-0.39, 0.29) is 43.3 Å². The van der Waals surface area contributed by atoms with Crippen molar-refractivity contribution in [3.63, 3.8) is 0 Å². The van der Waals surface area contributed by atoms with Crippen LogP contribution >= 0.6 is 0 Å². The van der Waals surface area contributed by atoms with Crippen molar-refractivity contribution in [2.75, 3.05) is 28.4 Å². The van der Waals surface area contributed by atoms with E-state index in [1.165, 1.54) is 0 Å². The van der Waals surface area contributed by atoms with Gasteiger partial charge in [-0.3, -0.25) is 0 Å². The molecule has 124 heavy (non-hydrogen) atoms. The van der Waals surface area contributed by atoms with E-state index < -0.39 is 0 Å². The van der Waals surface area contributed by atoms with Crippen molar-refractivity contribution < 1.29 is 37.9 Å². The number of H-pyrrole nitrogens is 2. The third kappa shape index (κ3) is 18.2. The minimum atomic E-state index is -0.275. The number of hydrogen-bond donors (Lipinski definition) is 2. The van der Waals surface area contributed by atoms with E-state index in [0.717, 1.165) is 237 Å². The number of fused-ring (bicyclic) bond motifs is 20. The summed E-state index contributed by atoms with van der Waals surface area (Å²) in [5.74, 6) is 10.6. The number of hydrogen-bond acceptors (Lipinski definition) is 14. The maximum atomic E-state index is 7.39. The van der Waals surface area contributed by atoms with Crippen LogP contribution in [0.5, 0.6) is 69.0 Å². The zero-order valence-corrected chi connectivity index (χ0v) is 79.8. The average molecular weight is 1680 g/mol. The Morgan fingerprint density at radius 3 is 0.637 bits per heavy atom. The highest BCUT2D eigenvalue weighted by atomic mass is 16.5. The van der Waals surface area contributed by atoms with Gasteiger partial charge in [0.15, 0.2) is 23.3 Å². The number of nitrogens with one attached hydrogen (secondary N) is 2. The van der Waals surface area contributed by atoms with Gasteiger partial charge in [0.1, 0.15) is 91.6 Å². The van der Waals surface area contributed by atoms with Gasteiger partial charge in [-0.2, -0.15) is 0 Å². The van der Waals surface area contributed by atoms with Crippen LogP contribution in [0.2, 0.25) is 0 Å². The molecular formula is C108H138N8O8. The first-order chi connectivity index (χ1) is 58.8. The largest absolute Gasteiger partial charge is 0.496 e. The van der Waals surface area contributed by atoms with Gasteiger partial charge in [-0.15, -0.1) is 0 Å². The Morgan fingerprint density at radius 2 is 0.411 bits per heavy atom. The molecule has 2 N–H and O–H groups in total. The standard InChI is InChI=1S/C108H138N8O8/c1-29-45-101(9,10)77-61-89(81(57-85(77)117-25)105(17,18)49-33-5)121-65-37-41-69-73(53-65)97-109-93(69)114-98-75-55-67(123-91-63-79(103(13,14)47-31-3)87(119-27)59-83(91)107(21,22)51-35-7)39-43-71(75)95(111-98)116-100-76-56-68(124-92-64-80(104(15,16)48-32-4)88(120-28)60-84(92)108(23,24)52-36-8)40-44-72(76)96(112-100)115-99-74-54-66(38-42-70(74)94(110-99)113-97)122-90-62-78(102(11,12)46-30-2)86(118-26)58-82(90)106(19,20)50-34-6/h37-44,53-64H,29-36,45-52H2,1-28H3,(H2,109,110,111,112,113,114,115,116). The number of ether oxygens (including phenoxy) is 8. The molecule has 8 bridgehead atoms. The van der Waals surface area contributed by atoms with E-state index in [2.05, 4.69) is 273 Å². The summed E-state index contributed by atoms with van der Waals surface area (Å²) in [7, 11) is 7.11. The van der Waals surface area contributed by atoms with Crippen LogP contribution in [-0.4, -0.2) is 68.3 Å². The first-order valence-electron chi connectivity index (χ1n) is 45.8. The molecule has 0 radical (unpaired) electrons. The lowest BCUT2D eigenvalue weighted by Crippen LogP contribution is -2.22. The van der Waals surface area contributed by atoms with Crippen molar-refractivity contribution in [2.45, 2.75) is 312 Å². The summed E-state index contributed by atoms with van der Waals surface area (Å²) in [6.07, 6.45) is 15.5. The molecular weight excluding hydrogens is 1540 g/mol. The number of benzene rings is 8. The van der Waals surface area contributed by atoms with E-state index in [4.69, 9.17) is 67.8 Å². The molecule has 16 nitrogen and oxygen atoms in total. The van der Waals surface area contributed by atoms with Crippen LogP contribution < -0.4 is 37.9 Å². The van der Waals surface area contributed by atoms with Crippen LogP contribution in [0.15, 0.2) is 121 Å². The summed E-state index contributed by atoms with van der Waals surface area (Å²) in [5, 5.41) is 3.04. The number of methoxy groups -OCH3 is 4. The first kappa shape index (κ1) is 91.2. The van der Waals surface area contributed by atoms with Crippen LogP contribution in [0, 0.1) is 0 Å². The first-order valence-corrected chi connectivity index (χ1v) is 45.8. The zero-order valence-electron chi connectivity index (χ0n) is 79.8. The van der Waals surface area contributed by atoms with Crippen molar-refractivity contribution >= 4 is 44.1 Å². The maximum absolute atomic E-state index is 7.39. The minimum Gasteiger partial charge on any atom is -0.496 e. The molecule has 11 aromatic rings. The molecule has 13 rings (SSSR count). The lowest BCUT2D eigenvalue weighted by Gasteiger charge is -2.32. The Hall–Kier alpha value is -10.5. The number of nitrogens with zero attached hydrogens (tertiary/aromatic N) is 6. The van der Waals surface area contributed by atoms with Crippen molar-refractivity contribution in [3.8, 4) is 115 Å². The normalized spacial score (nSPS) is 12.9. The fourth-order valence-corrected chi connectivity index (χ4v) is 20.0. The summed E-state index contributed by atoms with van der Waals surface area (Å²) in [4.78, 5) is 41.4. The third-order valence-electron chi connectivity index (χ3n) is 26.7. The molecule has 0 aliphatic carbocycles. The Bertz CT molecular complexity index is 5610. The summed E-state index contributed by atoms with van der Waals surface area (Å²) < 4.78 is 54.7. The van der Waals surface area contributed by atoms with Gasteiger partial charge in [0, 0.05) is 88.3 Å². The van der Waals surface area contributed by atoms with Crippen molar-refractivity contribution in [3.05, 3.63) is 166 Å². The van der Waals surface area contributed by atoms with Crippen LogP contribution in [0.4, 0.5) is 0 Å². The van der Waals surface area contributed by atoms with Crippen LogP contribution in [0.25, 0.3) is 89.7 Å². The third-order valence-corrected chi connectivity index (χ3v) is 26.7. The summed E-state index contributed by atoms with van der Waals surface area (Å²) >= 11 is 0. The van der Waals surface area contributed by atoms with Crippen molar-refractivity contribution in [1.82, 2.24) is 39.9 Å². The Labute approximate surface area is 738 Å². The predicted octanol–water partition coefficient (Wildman–Crippen LogP) is 30.7. The van der Waals surface area contributed by atoms with Gasteiger partial charge in [0.25, 0.3) is 0 Å². The molecule has 0 unspecified atom stereocenters. The second-order valence-corrected chi connectivity index (χ2v) is 40.1. The molecule has 3 aromatic heterocycles. The Morgan fingerprint density at radius 1 is 0.218 bits per heavy atom. The molecule has 2 aliphatic heterocycles. The number of aromatic amines is 2. The summed E-state index contributed by atoms with van der Waals surface area (Å²) in [6.45, 7) is 54.6. The lowest BCUT2D eigenvalue weighted by atomic mass is 9.75. The van der Waals surface area contributed by atoms with E-state index in [1.54, 1.807) is 28.4 Å². The molecule has 0 spiro atoms. The molecule has 0 atom stereocenters. The van der Waals surface area contributed by atoms with Gasteiger partial charge in [0.2, 0.25) is 0 Å². The van der Waals surface area contributed by atoms with Crippen LogP contribution in [0.1, 0.15) is 313 Å². The fourth-order valence-electron chi connectivity index (χ4n) is 20.0. The molecule has 658 valence electrons. The molecule has 0 amide bonds. The molecule has 5 heterocycles.